The Morgan fingerprint density at radius 2 is 2.07 bits per heavy atom. The van der Waals surface area contributed by atoms with Gasteiger partial charge >= 0.3 is 0 Å². The minimum absolute atomic E-state index is 0.559. The van der Waals surface area contributed by atoms with Crippen LogP contribution in [0.3, 0.4) is 0 Å². The molecule has 0 unspecified atom stereocenters. The molecule has 0 atom stereocenters. The van der Waals surface area contributed by atoms with Gasteiger partial charge in [-0.2, -0.15) is 0 Å². The van der Waals surface area contributed by atoms with E-state index >= 15 is 0 Å². The Hall–Kier alpha value is -0.730. The van der Waals surface area contributed by atoms with Gasteiger partial charge in [0.25, 0.3) is 0 Å². The molecule has 14 heavy (non-hydrogen) atoms. The van der Waals surface area contributed by atoms with Crippen molar-refractivity contribution in [1.29, 1.82) is 0 Å². The lowest BCUT2D eigenvalue weighted by atomic mass is 9.97. The molecule has 78 valence electrons. The van der Waals surface area contributed by atoms with Crippen molar-refractivity contribution in [3.63, 3.8) is 0 Å². The molecule has 0 saturated heterocycles. The average Bonchev–Trinajstić information content (AvgIpc) is 2.02. The number of hydrogen-bond donors (Lipinski definition) is 1. The molecule has 2 nitrogen and oxygen atoms in total. The molecule has 1 N–H and O–H groups in total. The maximum Gasteiger partial charge on any atom is 0.126 e. The highest BCUT2D eigenvalue weighted by Gasteiger charge is 2.20. The summed E-state index contributed by atoms with van der Waals surface area (Å²) >= 11 is 5.84. The fourth-order valence-corrected chi connectivity index (χ4v) is 1.44. The Balaban J connectivity index is 3.15. The van der Waals surface area contributed by atoms with E-state index in [9.17, 15) is 5.11 Å². The van der Waals surface area contributed by atoms with Gasteiger partial charge in [0, 0.05) is 10.6 Å². The Labute approximate surface area is 89.5 Å². The van der Waals surface area contributed by atoms with Crippen molar-refractivity contribution in [2.24, 2.45) is 0 Å². The van der Waals surface area contributed by atoms with Crippen molar-refractivity contribution in [1.82, 2.24) is 0 Å². The zero-order valence-electron chi connectivity index (χ0n) is 8.67. The highest BCUT2D eigenvalue weighted by Crippen LogP contribution is 2.31. The lowest BCUT2D eigenvalue weighted by Crippen LogP contribution is -2.17. The van der Waals surface area contributed by atoms with Crippen LogP contribution in [0.25, 0.3) is 0 Å². The van der Waals surface area contributed by atoms with Gasteiger partial charge in [0.05, 0.1) is 12.2 Å². The number of halogens is 1. The molecule has 0 radical (unpaired) electrons. The summed E-state index contributed by atoms with van der Waals surface area (Å²) in [6.07, 6.45) is 0. The summed E-state index contributed by atoms with van der Waals surface area (Å²) in [5, 5.41) is 10.5. The largest absolute Gasteiger partial charge is 0.493 e. The molecule has 0 heterocycles. The molecule has 0 aromatic heterocycles. The molecule has 0 aliphatic carbocycles. The van der Waals surface area contributed by atoms with Crippen molar-refractivity contribution in [2.75, 3.05) is 6.61 Å². The molecular formula is C11H15ClO2. The lowest BCUT2D eigenvalue weighted by molar-refractivity contribution is 0.0749. The van der Waals surface area contributed by atoms with Crippen LogP contribution in [0.5, 0.6) is 5.75 Å². The molecule has 3 heteroatoms. The van der Waals surface area contributed by atoms with Gasteiger partial charge in [-0.15, -0.1) is 0 Å². The first-order chi connectivity index (χ1) is 6.45. The molecule has 0 fully saturated rings. The fraction of sp³-hybridized carbons (Fsp3) is 0.455. The van der Waals surface area contributed by atoms with Gasteiger partial charge in [0.1, 0.15) is 5.75 Å². The summed E-state index contributed by atoms with van der Waals surface area (Å²) in [4.78, 5) is 0. The Kier molecular flexibility index (Phi) is 3.40. The van der Waals surface area contributed by atoms with Crippen molar-refractivity contribution in [3.8, 4) is 5.75 Å². The second-order valence-electron chi connectivity index (χ2n) is 3.63. The van der Waals surface area contributed by atoms with Gasteiger partial charge in [-0.25, -0.2) is 0 Å². The molecule has 0 aliphatic heterocycles. The number of benzene rings is 1. The van der Waals surface area contributed by atoms with Crippen LogP contribution in [-0.4, -0.2) is 11.7 Å². The second kappa shape index (κ2) is 4.20. The van der Waals surface area contributed by atoms with E-state index in [-0.39, 0.29) is 0 Å². The average molecular weight is 215 g/mol. The molecule has 0 bridgehead atoms. The SMILES string of the molecule is CCOc1cc(Cl)ccc1C(C)(C)O. The lowest BCUT2D eigenvalue weighted by Gasteiger charge is -2.21. The first-order valence-electron chi connectivity index (χ1n) is 4.60. The standard InChI is InChI=1S/C11H15ClO2/c1-4-14-10-7-8(12)5-6-9(10)11(2,3)13/h5-7,13H,4H2,1-3H3. The van der Waals surface area contributed by atoms with E-state index in [1.807, 2.05) is 6.92 Å². The number of aliphatic hydroxyl groups is 1. The van der Waals surface area contributed by atoms with Crippen LogP contribution >= 0.6 is 11.6 Å². The van der Waals surface area contributed by atoms with Gasteiger partial charge in [-0.05, 0) is 32.9 Å². The van der Waals surface area contributed by atoms with Gasteiger partial charge in [-0.1, -0.05) is 17.7 Å². The summed E-state index contributed by atoms with van der Waals surface area (Å²) in [6, 6.07) is 5.25. The molecule has 0 saturated carbocycles. The van der Waals surface area contributed by atoms with Crippen LogP contribution in [0.4, 0.5) is 0 Å². The summed E-state index contributed by atoms with van der Waals surface area (Å²) in [6.45, 7) is 5.90. The third kappa shape index (κ3) is 2.63. The third-order valence-corrected chi connectivity index (χ3v) is 2.14. The van der Waals surface area contributed by atoms with Crippen molar-refractivity contribution < 1.29 is 9.84 Å². The summed E-state index contributed by atoms with van der Waals surface area (Å²) in [5.74, 6) is 0.646. The predicted octanol–water partition coefficient (Wildman–Crippen LogP) is 2.97. The van der Waals surface area contributed by atoms with E-state index in [4.69, 9.17) is 16.3 Å². The summed E-state index contributed by atoms with van der Waals surface area (Å²) in [5.41, 5.74) is -0.154. The van der Waals surface area contributed by atoms with Crippen molar-refractivity contribution >= 4 is 11.6 Å². The summed E-state index contributed by atoms with van der Waals surface area (Å²) < 4.78 is 5.40. The maximum absolute atomic E-state index is 9.86. The van der Waals surface area contributed by atoms with Gasteiger partial charge in [0.15, 0.2) is 0 Å². The van der Waals surface area contributed by atoms with E-state index in [1.165, 1.54) is 0 Å². The van der Waals surface area contributed by atoms with E-state index in [1.54, 1.807) is 32.0 Å². The van der Waals surface area contributed by atoms with E-state index in [0.717, 1.165) is 5.56 Å². The Morgan fingerprint density at radius 3 is 2.57 bits per heavy atom. The maximum atomic E-state index is 9.86. The molecule has 1 aromatic carbocycles. The second-order valence-corrected chi connectivity index (χ2v) is 4.07. The molecule has 1 rings (SSSR count). The zero-order chi connectivity index (χ0) is 10.8. The summed E-state index contributed by atoms with van der Waals surface area (Å²) in [7, 11) is 0. The van der Waals surface area contributed by atoms with Crippen molar-refractivity contribution in [3.05, 3.63) is 28.8 Å². The topological polar surface area (TPSA) is 29.5 Å². The van der Waals surface area contributed by atoms with Crippen molar-refractivity contribution in [2.45, 2.75) is 26.4 Å². The molecule has 0 amide bonds. The van der Waals surface area contributed by atoms with Gasteiger partial charge in [0.2, 0.25) is 0 Å². The minimum Gasteiger partial charge on any atom is -0.493 e. The van der Waals surface area contributed by atoms with Crippen LogP contribution < -0.4 is 4.74 Å². The van der Waals surface area contributed by atoms with Crippen LogP contribution in [0.15, 0.2) is 18.2 Å². The molecular weight excluding hydrogens is 200 g/mol. The minimum atomic E-state index is -0.908. The predicted molar refractivity (Wildman–Crippen MR) is 57.9 cm³/mol. The normalized spacial score (nSPS) is 11.5. The highest BCUT2D eigenvalue weighted by atomic mass is 35.5. The van der Waals surface area contributed by atoms with Gasteiger partial charge < -0.3 is 9.84 Å². The number of hydrogen-bond acceptors (Lipinski definition) is 2. The number of ether oxygens (including phenoxy) is 1. The van der Waals surface area contributed by atoms with E-state index < -0.39 is 5.60 Å². The van der Waals surface area contributed by atoms with Crippen LogP contribution in [0, 0.1) is 0 Å². The van der Waals surface area contributed by atoms with Crippen LogP contribution in [-0.2, 0) is 5.60 Å². The first-order valence-corrected chi connectivity index (χ1v) is 4.98. The van der Waals surface area contributed by atoms with E-state index in [0.29, 0.717) is 17.4 Å². The third-order valence-electron chi connectivity index (χ3n) is 1.90. The Bertz CT molecular complexity index is 316. The van der Waals surface area contributed by atoms with Crippen LogP contribution in [0.1, 0.15) is 26.3 Å². The Morgan fingerprint density at radius 1 is 1.43 bits per heavy atom. The number of rotatable bonds is 3. The van der Waals surface area contributed by atoms with E-state index in [2.05, 4.69) is 0 Å². The molecule has 1 aromatic rings. The fourth-order valence-electron chi connectivity index (χ4n) is 1.28. The quantitative estimate of drug-likeness (QED) is 0.839. The smallest absolute Gasteiger partial charge is 0.126 e. The monoisotopic (exact) mass is 214 g/mol. The van der Waals surface area contributed by atoms with Gasteiger partial charge in [-0.3, -0.25) is 0 Å². The first kappa shape index (κ1) is 11.3. The highest BCUT2D eigenvalue weighted by molar-refractivity contribution is 6.30. The zero-order valence-corrected chi connectivity index (χ0v) is 9.43. The van der Waals surface area contributed by atoms with Crippen LogP contribution in [0.2, 0.25) is 5.02 Å². The molecule has 0 aliphatic rings. The molecule has 0 spiro atoms.